The number of nitrogens with one attached hydrogen (secondary N) is 3. The lowest BCUT2D eigenvalue weighted by atomic mass is 10.2. The molecule has 180 valence electrons. The molecular formula is C21H30N6O6. The molecule has 0 aliphatic heterocycles. The molecule has 0 aliphatic carbocycles. The number of carbonyl (C=O) groups excluding carboxylic acids is 3. The number of carbonyl (C=O) groups is 3. The second kappa shape index (κ2) is 10.7. The van der Waals surface area contributed by atoms with Gasteiger partial charge in [-0.2, -0.15) is 0 Å². The first-order valence-electron chi connectivity index (χ1n) is 10.4. The van der Waals surface area contributed by atoms with E-state index >= 15 is 0 Å². The van der Waals surface area contributed by atoms with Crippen LogP contribution in [0.1, 0.15) is 54.6 Å². The van der Waals surface area contributed by atoms with E-state index in [2.05, 4.69) is 16.0 Å². The molecule has 0 aromatic carbocycles. The molecule has 2 heterocycles. The molecule has 0 fully saturated rings. The average Bonchev–Trinajstić information content (AvgIpc) is 3.25. The maximum atomic E-state index is 12.5. The fourth-order valence-electron chi connectivity index (χ4n) is 2.97. The number of ether oxygens (including phenoxy) is 1. The summed E-state index contributed by atoms with van der Waals surface area (Å²) < 4.78 is 8.08. The number of aryl methyl sites for hydroxylation is 2. The van der Waals surface area contributed by atoms with Gasteiger partial charge >= 0.3 is 6.09 Å². The Morgan fingerprint density at radius 3 is 2.12 bits per heavy atom. The molecule has 2 aromatic rings. The Hall–Kier alpha value is -3.83. The minimum Gasteiger partial charge on any atom is -0.444 e. The van der Waals surface area contributed by atoms with Gasteiger partial charge in [0, 0.05) is 39.4 Å². The van der Waals surface area contributed by atoms with E-state index in [0.717, 1.165) is 0 Å². The second-order valence-corrected chi connectivity index (χ2v) is 8.52. The lowest BCUT2D eigenvalue weighted by Crippen LogP contribution is -2.33. The number of aromatic nitrogens is 2. The predicted molar refractivity (Wildman–Crippen MR) is 121 cm³/mol. The van der Waals surface area contributed by atoms with E-state index < -0.39 is 22.5 Å². The summed E-state index contributed by atoms with van der Waals surface area (Å²) in [6.45, 7) is 6.21. The number of unbranched alkanes of at least 4 members (excludes halogenated alkanes) is 1. The normalized spacial score (nSPS) is 11.1. The van der Waals surface area contributed by atoms with Crippen molar-refractivity contribution in [2.45, 2.75) is 39.2 Å². The Morgan fingerprint density at radius 2 is 1.55 bits per heavy atom. The highest BCUT2D eigenvalue weighted by Gasteiger charge is 2.19. The monoisotopic (exact) mass is 462 g/mol. The summed E-state index contributed by atoms with van der Waals surface area (Å²) >= 11 is 0. The van der Waals surface area contributed by atoms with Crippen molar-refractivity contribution in [3.05, 3.63) is 46.0 Å². The molecule has 2 rings (SSSR count). The van der Waals surface area contributed by atoms with Crippen LogP contribution in [0.3, 0.4) is 0 Å². The first kappa shape index (κ1) is 25.4. The van der Waals surface area contributed by atoms with Crippen molar-refractivity contribution in [2.75, 3.05) is 18.4 Å². The Morgan fingerprint density at radius 1 is 0.970 bits per heavy atom. The number of nitrogens with zero attached hydrogens (tertiary/aromatic N) is 3. The number of hydrogen-bond donors (Lipinski definition) is 3. The number of anilines is 1. The Bertz CT molecular complexity index is 1030. The van der Waals surface area contributed by atoms with E-state index in [4.69, 9.17) is 4.74 Å². The third-order valence-corrected chi connectivity index (χ3v) is 4.49. The second-order valence-electron chi connectivity index (χ2n) is 8.52. The maximum absolute atomic E-state index is 12.5. The van der Waals surface area contributed by atoms with Gasteiger partial charge in [0.15, 0.2) is 0 Å². The van der Waals surface area contributed by atoms with Crippen LogP contribution in [0.2, 0.25) is 0 Å². The average molecular weight is 463 g/mol. The molecule has 3 amide bonds. The van der Waals surface area contributed by atoms with Gasteiger partial charge in [0.2, 0.25) is 0 Å². The number of hydrogen-bond acceptors (Lipinski definition) is 6. The van der Waals surface area contributed by atoms with Gasteiger partial charge in [-0.05, 0) is 39.7 Å². The van der Waals surface area contributed by atoms with Crippen LogP contribution in [0.4, 0.5) is 16.2 Å². The smallest absolute Gasteiger partial charge is 0.407 e. The summed E-state index contributed by atoms with van der Waals surface area (Å²) in [7, 11) is 3.21. The van der Waals surface area contributed by atoms with E-state index in [1.165, 1.54) is 29.9 Å². The van der Waals surface area contributed by atoms with Crippen molar-refractivity contribution in [3.8, 4) is 0 Å². The molecule has 3 N–H and O–H groups in total. The highest BCUT2D eigenvalue weighted by molar-refractivity contribution is 6.04. The van der Waals surface area contributed by atoms with Gasteiger partial charge in [0.05, 0.1) is 16.8 Å². The van der Waals surface area contributed by atoms with E-state index in [9.17, 15) is 24.5 Å². The van der Waals surface area contributed by atoms with E-state index in [-0.39, 0.29) is 17.3 Å². The summed E-state index contributed by atoms with van der Waals surface area (Å²) in [5.74, 6) is -0.840. The topological polar surface area (TPSA) is 150 Å². The highest BCUT2D eigenvalue weighted by atomic mass is 16.6. The van der Waals surface area contributed by atoms with Crippen LogP contribution in [-0.2, 0) is 18.8 Å². The van der Waals surface area contributed by atoms with Crippen molar-refractivity contribution in [1.29, 1.82) is 0 Å². The summed E-state index contributed by atoms with van der Waals surface area (Å²) in [6.07, 6.45) is 3.67. The fraction of sp³-hybridized carbons (Fsp3) is 0.476. The maximum Gasteiger partial charge on any atom is 0.407 e. The molecule has 0 spiro atoms. The third-order valence-electron chi connectivity index (χ3n) is 4.49. The zero-order valence-corrected chi connectivity index (χ0v) is 19.4. The van der Waals surface area contributed by atoms with Crippen LogP contribution in [0.15, 0.2) is 24.5 Å². The number of nitro groups is 1. The molecule has 0 saturated carbocycles. The first-order valence-corrected chi connectivity index (χ1v) is 10.4. The largest absolute Gasteiger partial charge is 0.444 e. The molecule has 0 radical (unpaired) electrons. The van der Waals surface area contributed by atoms with Crippen molar-refractivity contribution in [1.82, 2.24) is 19.8 Å². The van der Waals surface area contributed by atoms with E-state index in [1.54, 1.807) is 38.6 Å². The van der Waals surface area contributed by atoms with Crippen LogP contribution in [0.5, 0.6) is 0 Å². The van der Waals surface area contributed by atoms with Gasteiger partial charge in [0.25, 0.3) is 17.5 Å². The van der Waals surface area contributed by atoms with Crippen LogP contribution in [0.25, 0.3) is 0 Å². The van der Waals surface area contributed by atoms with Crippen molar-refractivity contribution in [3.63, 3.8) is 0 Å². The van der Waals surface area contributed by atoms with Gasteiger partial charge in [-0.15, -0.1) is 0 Å². The molecule has 0 bridgehead atoms. The Kier molecular flexibility index (Phi) is 8.21. The summed E-state index contributed by atoms with van der Waals surface area (Å²) in [6, 6.07) is 2.71. The molecule has 12 nitrogen and oxygen atoms in total. The van der Waals surface area contributed by atoms with Crippen molar-refractivity contribution < 1.29 is 24.0 Å². The molecule has 33 heavy (non-hydrogen) atoms. The lowest BCUT2D eigenvalue weighted by molar-refractivity contribution is -0.384. The van der Waals surface area contributed by atoms with Gasteiger partial charge in [-0.3, -0.25) is 19.7 Å². The lowest BCUT2D eigenvalue weighted by Gasteiger charge is -2.19. The summed E-state index contributed by atoms with van der Waals surface area (Å²) in [5.41, 5.74) is 0.117. The highest BCUT2D eigenvalue weighted by Crippen LogP contribution is 2.18. The predicted octanol–water partition coefficient (Wildman–Crippen LogP) is 2.56. The Balaban J connectivity index is 1.81. The molecule has 0 aliphatic rings. The summed E-state index contributed by atoms with van der Waals surface area (Å²) in [5, 5.41) is 19.0. The van der Waals surface area contributed by atoms with Gasteiger partial charge in [-0.1, -0.05) is 0 Å². The van der Waals surface area contributed by atoms with Crippen LogP contribution in [-0.4, -0.2) is 50.7 Å². The molecule has 0 saturated heterocycles. The number of alkyl carbamates (subject to hydrolysis) is 1. The molecule has 0 unspecified atom stereocenters. The molecule has 0 atom stereocenters. The first-order chi connectivity index (χ1) is 15.4. The van der Waals surface area contributed by atoms with Gasteiger partial charge in [0.1, 0.15) is 17.0 Å². The van der Waals surface area contributed by atoms with Crippen LogP contribution < -0.4 is 16.0 Å². The Labute approximate surface area is 191 Å². The third kappa shape index (κ3) is 7.66. The van der Waals surface area contributed by atoms with Crippen molar-refractivity contribution in [2.24, 2.45) is 14.1 Å². The zero-order chi connectivity index (χ0) is 24.8. The van der Waals surface area contributed by atoms with E-state index in [1.807, 2.05) is 0 Å². The minimum absolute atomic E-state index is 0.122. The zero-order valence-electron chi connectivity index (χ0n) is 19.4. The molecule has 2 aromatic heterocycles. The van der Waals surface area contributed by atoms with Gasteiger partial charge in [-0.25, -0.2) is 4.79 Å². The van der Waals surface area contributed by atoms with Crippen LogP contribution >= 0.6 is 0 Å². The SMILES string of the molecule is Cn1cc(NC(=O)c2cc([N+](=O)[O-])cn2C)cc1C(=O)NCCCCNC(=O)OC(C)(C)C. The van der Waals surface area contributed by atoms with E-state index in [0.29, 0.717) is 37.3 Å². The molecule has 12 heteroatoms. The fourth-order valence-corrected chi connectivity index (χ4v) is 2.97. The molecular weight excluding hydrogens is 432 g/mol. The number of rotatable bonds is 9. The standard InChI is InChI=1S/C21H30N6O6/c1-21(2,3)33-20(30)23-9-7-6-8-22-18(28)16-10-14(12-25(16)4)24-19(29)17-11-15(27(31)32)13-26(17)5/h10-13H,6-9H2,1-5H3,(H,22,28)(H,23,30)(H,24,29). The quantitative estimate of drug-likeness (QED) is 0.296. The van der Waals surface area contributed by atoms with Gasteiger partial charge < -0.3 is 29.8 Å². The number of amides is 3. The van der Waals surface area contributed by atoms with Crippen LogP contribution in [0, 0.1) is 10.1 Å². The minimum atomic E-state index is -0.574. The summed E-state index contributed by atoms with van der Waals surface area (Å²) in [4.78, 5) is 46.8. The van der Waals surface area contributed by atoms with Crippen molar-refractivity contribution >= 4 is 29.3 Å².